The van der Waals surface area contributed by atoms with Crippen LogP contribution in [0.2, 0.25) is 0 Å². The summed E-state index contributed by atoms with van der Waals surface area (Å²) in [6.07, 6.45) is 5.27. The molecule has 0 radical (unpaired) electrons. The smallest absolute Gasteiger partial charge is 0.230 e. The van der Waals surface area contributed by atoms with Crippen molar-refractivity contribution < 1.29 is 9.21 Å². The van der Waals surface area contributed by atoms with Gasteiger partial charge in [-0.1, -0.05) is 19.3 Å². The van der Waals surface area contributed by atoms with E-state index in [1.165, 1.54) is 6.42 Å². The maximum atomic E-state index is 12.7. The molecule has 4 heteroatoms. The lowest BCUT2D eigenvalue weighted by Crippen LogP contribution is -2.47. The summed E-state index contributed by atoms with van der Waals surface area (Å²) in [5.74, 6) is 1.88. The van der Waals surface area contributed by atoms with Gasteiger partial charge in [0.25, 0.3) is 0 Å². The van der Waals surface area contributed by atoms with E-state index in [0.717, 1.165) is 37.2 Å². The van der Waals surface area contributed by atoms with Gasteiger partial charge < -0.3 is 15.1 Å². The zero-order valence-electron chi connectivity index (χ0n) is 11.9. The number of carbonyl (C=O) groups is 1. The number of aryl methyl sites for hydroxylation is 1. The van der Waals surface area contributed by atoms with Crippen molar-refractivity contribution >= 4 is 5.91 Å². The molecule has 1 heterocycles. The summed E-state index contributed by atoms with van der Waals surface area (Å²) in [5.41, 5.74) is 5.56. The largest absolute Gasteiger partial charge is 0.464 e. The first-order valence-electron chi connectivity index (χ1n) is 7.08. The molecule has 1 aliphatic rings. The number of hydrogen-bond acceptors (Lipinski definition) is 3. The Hall–Kier alpha value is -1.29. The molecule has 1 amide bonds. The van der Waals surface area contributed by atoms with Crippen LogP contribution in [0.25, 0.3) is 0 Å². The molecule has 0 atom stereocenters. The average molecular weight is 264 g/mol. The number of carbonyl (C=O) groups excluding carboxylic acids is 1. The monoisotopic (exact) mass is 264 g/mol. The zero-order valence-corrected chi connectivity index (χ0v) is 11.9. The fourth-order valence-corrected chi connectivity index (χ4v) is 3.01. The van der Waals surface area contributed by atoms with Crippen molar-refractivity contribution in [2.45, 2.75) is 45.6 Å². The van der Waals surface area contributed by atoms with Crippen LogP contribution < -0.4 is 5.73 Å². The minimum atomic E-state index is -0.339. The van der Waals surface area contributed by atoms with Crippen LogP contribution in [-0.4, -0.2) is 24.4 Å². The van der Waals surface area contributed by atoms with E-state index in [2.05, 4.69) is 0 Å². The van der Waals surface area contributed by atoms with E-state index >= 15 is 0 Å². The Labute approximate surface area is 114 Å². The average Bonchev–Trinajstić information content (AvgIpc) is 2.84. The number of nitrogens with zero attached hydrogens (tertiary/aromatic N) is 1. The molecule has 0 bridgehead atoms. The fourth-order valence-electron chi connectivity index (χ4n) is 3.01. The van der Waals surface area contributed by atoms with Gasteiger partial charge in [-0.3, -0.25) is 4.79 Å². The van der Waals surface area contributed by atoms with E-state index in [4.69, 9.17) is 10.2 Å². The summed E-state index contributed by atoms with van der Waals surface area (Å²) in [6, 6.07) is 3.85. The van der Waals surface area contributed by atoms with Crippen molar-refractivity contribution in [3.63, 3.8) is 0 Å². The van der Waals surface area contributed by atoms with E-state index in [1.807, 2.05) is 26.1 Å². The first-order valence-corrected chi connectivity index (χ1v) is 7.08. The number of furan rings is 1. The Morgan fingerprint density at radius 1 is 1.37 bits per heavy atom. The van der Waals surface area contributed by atoms with Crippen molar-refractivity contribution in [2.75, 3.05) is 13.6 Å². The number of amides is 1. The van der Waals surface area contributed by atoms with Crippen molar-refractivity contribution in [2.24, 2.45) is 11.1 Å². The minimum Gasteiger partial charge on any atom is -0.464 e. The maximum Gasteiger partial charge on any atom is 0.230 e. The minimum absolute atomic E-state index is 0.170. The fraction of sp³-hybridized carbons (Fsp3) is 0.667. The third kappa shape index (κ3) is 3.00. The van der Waals surface area contributed by atoms with E-state index in [0.29, 0.717) is 13.1 Å². The first kappa shape index (κ1) is 14.1. The molecule has 4 nitrogen and oxygen atoms in total. The summed E-state index contributed by atoms with van der Waals surface area (Å²) in [4.78, 5) is 14.4. The molecule has 19 heavy (non-hydrogen) atoms. The number of rotatable bonds is 4. The summed E-state index contributed by atoms with van der Waals surface area (Å²) >= 11 is 0. The molecule has 1 fully saturated rings. The van der Waals surface area contributed by atoms with Gasteiger partial charge in [0.15, 0.2) is 0 Å². The second-order valence-electron chi connectivity index (χ2n) is 5.72. The van der Waals surface area contributed by atoms with Crippen LogP contribution in [0, 0.1) is 12.3 Å². The lowest BCUT2D eigenvalue weighted by atomic mass is 9.73. The van der Waals surface area contributed by atoms with Crippen molar-refractivity contribution in [1.82, 2.24) is 4.90 Å². The highest BCUT2D eigenvalue weighted by atomic mass is 16.3. The zero-order chi connectivity index (χ0) is 13.9. The van der Waals surface area contributed by atoms with Gasteiger partial charge in [0.05, 0.1) is 12.0 Å². The predicted molar refractivity (Wildman–Crippen MR) is 74.5 cm³/mol. The molecular weight excluding hydrogens is 240 g/mol. The Kier molecular flexibility index (Phi) is 4.30. The highest BCUT2D eigenvalue weighted by molar-refractivity contribution is 5.82. The van der Waals surface area contributed by atoms with Crippen LogP contribution in [0.1, 0.15) is 43.6 Å². The molecule has 2 N–H and O–H groups in total. The summed E-state index contributed by atoms with van der Waals surface area (Å²) in [7, 11) is 1.84. The molecule has 2 rings (SSSR count). The quantitative estimate of drug-likeness (QED) is 0.908. The van der Waals surface area contributed by atoms with Crippen LogP contribution in [0.3, 0.4) is 0 Å². The van der Waals surface area contributed by atoms with Gasteiger partial charge in [-0.05, 0) is 31.9 Å². The highest BCUT2D eigenvalue weighted by Gasteiger charge is 2.39. The second-order valence-corrected chi connectivity index (χ2v) is 5.72. The van der Waals surface area contributed by atoms with E-state index < -0.39 is 0 Å². The van der Waals surface area contributed by atoms with Crippen LogP contribution in [0.4, 0.5) is 0 Å². The normalized spacial score (nSPS) is 18.3. The molecule has 1 aliphatic carbocycles. The predicted octanol–water partition coefficient (Wildman–Crippen LogP) is 2.46. The van der Waals surface area contributed by atoms with Gasteiger partial charge in [0.1, 0.15) is 11.5 Å². The van der Waals surface area contributed by atoms with Crippen molar-refractivity contribution in [3.8, 4) is 0 Å². The third-order valence-corrected chi connectivity index (χ3v) is 4.19. The molecule has 0 aliphatic heterocycles. The highest BCUT2D eigenvalue weighted by Crippen LogP contribution is 2.37. The van der Waals surface area contributed by atoms with Crippen LogP contribution in [-0.2, 0) is 11.3 Å². The molecular formula is C15H24N2O2. The Balaban J connectivity index is 2.04. The molecule has 0 unspecified atom stereocenters. The molecule has 0 saturated heterocycles. The van der Waals surface area contributed by atoms with E-state index in [9.17, 15) is 4.79 Å². The van der Waals surface area contributed by atoms with Gasteiger partial charge in [-0.15, -0.1) is 0 Å². The van der Waals surface area contributed by atoms with Gasteiger partial charge in [0, 0.05) is 13.6 Å². The summed E-state index contributed by atoms with van der Waals surface area (Å²) in [6.45, 7) is 2.88. The third-order valence-electron chi connectivity index (χ3n) is 4.19. The topological polar surface area (TPSA) is 59.5 Å². The molecule has 1 aromatic rings. The van der Waals surface area contributed by atoms with Crippen molar-refractivity contribution in [1.29, 1.82) is 0 Å². The first-order chi connectivity index (χ1) is 9.07. The lowest BCUT2D eigenvalue weighted by molar-refractivity contribution is -0.143. The molecule has 106 valence electrons. The van der Waals surface area contributed by atoms with Gasteiger partial charge in [-0.2, -0.15) is 0 Å². The van der Waals surface area contributed by atoms with E-state index in [1.54, 1.807) is 4.90 Å². The summed E-state index contributed by atoms with van der Waals surface area (Å²) < 4.78 is 5.53. The second kappa shape index (κ2) is 5.78. The molecule has 1 aromatic heterocycles. The Morgan fingerprint density at radius 3 is 2.58 bits per heavy atom. The Bertz CT molecular complexity index is 433. The SMILES string of the molecule is Cc1ccc(CN(C)C(=O)C2(CN)CCCCC2)o1. The van der Waals surface area contributed by atoms with Gasteiger partial charge in [-0.25, -0.2) is 0 Å². The molecule has 0 spiro atoms. The summed E-state index contributed by atoms with van der Waals surface area (Å²) in [5, 5.41) is 0. The van der Waals surface area contributed by atoms with Crippen LogP contribution >= 0.6 is 0 Å². The van der Waals surface area contributed by atoms with Crippen LogP contribution in [0.5, 0.6) is 0 Å². The number of nitrogens with two attached hydrogens (primary N) is 1. The molecule has 0 aromatic carbocycles. The van der Waals surface area contributed by atoms with E-state index in [-0.39, 0.29) is 11.3 Å². The van der Waals surface area contributed by atoms with Crippen molar-refractivity contribution in [3.05, 3.63) is 23.7 Å². The number of hydrogen-bond donors (Lipinski definition) is 1. The standard InChI is InChI=1S/C15H24N2O2/c1-12-6-7-13(19-12)10-17(2)14(18)15(11-16)8-4-3-5-9-15/h6-7H,3-5,8-11,16H2,1-2H3. The van der Waals surface area contributed by atoms with Gasteiger partial charge in [0.2, 0.25) is 5.91 Å². The van der Waals surface area contributed by atoms with Crippen LogP contribution in [0.15, 0.2) is 16.5 Å². The maximum absolute atomic E-state index is 12.7. The Morgan fingerprint density at radius 2 is 2.05 bits per heavy atom. The molecule has 1 saturated carbocycles. The van der Waals surface area contributed by atoms with Gasteiger partial charge >= 0.3 is 0 Å². The lowest BCUT2D eigenvalue weighted by Gasteiger charge is -2.37.